The van der Waals surface area contributed by atoms with E-state index >= 15 is 0 Å². The van der Waals surface area contributed by atoms with Crippen LogP contribution in [0, 0.1) is 10.8 Å². The van der Waals surface area contributed by atoms with Crippen LogP contribution in [0.1, 0.15) is 79.5 Å². The molecule has 16 nitrogen and oxygen atoms in total. The molecule has 3 aromatic rings. The van der Waals surface area contributed by atoms with Crippen molar-refractivity contribution >= 4 is 35.8 Å². The Bertz CT molecular complexity index is 1960. The van der Waals surface area contributed by atoms with E-state index in [0.29, 0.717) is 0 Å². The number of carbonyl (C=O) groups is 6. The molecule has 5 rings (SSSR count). The van der Waals surface area contributed by atoms with Crippen LogP contribution < -0.4 is 0 Å². The van der Waals surface area contributed by atoms with Gasteiger partial charge in [-0.3, -0.25) is 14.4 Å². The molecule has 60 heavy (non-hydrogen) atoms. The molecular weight excluding hydrogens is 784 g/mol. The molecule has 0 bridgehead atoms. The van der Waals surface area contributed by atoms with Gasteiger partial charge in [-0.15, -0.1) is 0 Å². The maximum absolute atomic E-state index is 13.7. The van der Waals surface area contributed by atoms with Crippen molar-refractivity contribution in [1.29, 1.82) is 0 Å². The van der Waals surface area contributed by atoms with Crippen LogP contribution in [0.15, 0.2) is 91.0 Å². The van der Waals surface area contributed by atoms with E-state index in [9.17, 15) is 33.9 Å². The van der Waals surface area contributed by atoms with Crippen molar-refractivity contribution in [3.8, 4) is 0 Å². The zero-order valence-corrected chi connectivity index (χ0v) is 34.3. The lowest BCUT2D eigenvalue weighted by Crippen LogP contribution is -2.50. The third kappa shape index (κ3) is 11.7. The highest BCUT2D eigenvalue weighted by atomic mass is 16.8. The topological polar surface area (TPSA) is 206 Å². The molecule has 0 aromatic heterocycles. The third-order valence-corrected chi connectivity index (χ3v) is 9.21. The minimum Gasteiger partial charge on any atom is -0.462 e. The molecule has 0 radical (unpaired) electrons. The first-order chi connectivity index (χ1) is 28.3. The van der Waals surface area contributed by atoms with Crippen LogP contribution in [0.25, 0.3) is 0 Å². The molecule has 2 heterocycles. The van der Waals surface area contributed by atoms with Crippen LogP contribution in [0.2, 0.25) is 0 Å². The van der Waals surface area contributed by atoms with Crippen molar-refractivity contribution in [1.82, 2.24) is 0 Å². The van der Waals surface area contributed by atoms with Crippen LogP contribution in [-0.4, -0.2) is 109 Å². The fourth-order valence-electron chi connectivity index (χ4n) is 6.02. The minimum atomic E-state index is -1.86. The third-order valence-electron chi connectivity index (χ3n) is 9.21. The number of ether oxygens (including phenoxy) is 9. The van der Waals surface area contributed by atoms with Crippen LogP contribution in [-0.2, 0) is 57.0 Å². The first-order valence-electron chi connectivity index (χ1n) is 19.3. The fourth-order valence-corrected chi connectivity index (χ4v) is 6.02. The molecule has 9 atom stereocenters. The molecule has 0 aliphatic carbocycles. The van der Waals surface area contributed by atoms with Crippen LogP contribution in [0.4, 0.5) is 0 Å². The number of hydrogen-bond donors (Lipinski definition) is 1. The molecule has 0 unspecified atom stereocenters. The van der Waals surface area contributed by atoms with Gasteiger partial charge in [0, 0.05) is 6.92 Å². The van der Waals surface area contributed by atoms with Gasteiger partial charge in [-0.05, 0) is 77.9 Å². The van der Waals surface area contributed by atoms with Crippen molar-refractivity contribution < 1.29 is 76.5 Å². The zero-order chi connectivity index (χ0) is 43.8. The average Bonchev–Trinajstić information content (AvgIpc) is 3.68. The standard InChI is InChI=1S/C44H50O16/c1-25(45)54-33-31(58-39(49)34(33)60-42(51)44(5,6)7)30(24-53-41(50)43(2,3)4)56-40-35(59-38(48)28-21-15-10-16-22-28)32(57-37(47)27-19-13-9-14-20-27)29(55-40)23-52-36(46)26-17-11-8-12-18-26/h8-22,29-35,39-40,49H,23-24H2,1-7H3/t29-,30-,31+,32-,33+,34-,35+,39-,40-/m1/s1. The van der Waals surface area contributed by atoms with Gasteiger partial charge in [-0.1, -0.05) is 54.6 Å². The average molecular weight is 835 g/mol. The zero-order valence-electron chi connectivity index (χ0n) is 34.3. The van der Waals surface area contributed by atoms with Crippen molar-refractivity contribution in [3.05, 3.63) is 108 Å². The minimum absolute atomic E-state index is 0.111. The van der Waals surface area contributed by atoms with Crippen LogP contribution in [0.5, 0.6) is 0 Å². The van der Waals surface area contributed by atoms with Gasteiger partial charge in [0.15, 0.2) is 37.0 Å². The summed E-state index contributed by atoms with van der Waals surface area (Å²) in [6, 6.07) is 23.9. The second-order valence-corrected chi connectivity index (χ2v) is 16.2. The lowest BCUT2D eigenvalue weighted by Gasteiger charge is -2.32. The monoisotopic (exact) mass is 834 g/mol. The molecule has 2 saturated heterocycles. The van der Waals surface area contributed by atoms with Crippen molar-refractivity contribution in [2.75, 3.05) is 13.2 Å². The fraction of sp³-hybridized carbons (Fsp3) is 0.455. The Kier molecular flexibility index (Phi) is 14.8. The summed E-state index contributed by atoms with van der Waals surface area (Å²) in [5.74, 6) is -4.75. The van der Waals surface area contributed by atoms with E-state index in [2.05, 4.69) is 0 Å². The second kappa shape index (κ2) is 19.6. The summed E-state index contributed by atoms with van der Waals surface area (Å²) >= 11 is 0. The molecule has 0 spiro atoms. The van der Waals surface area contributed by atoms with Gasteiger partial charge in [0.1, 0.15) is 31.5 Å². The quantitative estimate of drug-likeness (QED) is 0.174. The summed E-state index contributed by atoms with van der Waals surface area (Å²) in [4.78, 5) is 79.1. The Hall–Kier alpha value is -5.68. The van der Waals surface area contributed by atoms with Gasteiger partial charge >= 0.3 is 35.8 Å². The molecule has 322 valence electrons. The van der Waals surface area contributed by atoms with Gasteiger partial charge in [-0.2, -0.15) is 0 Å². The number of carbonyl (C=O) groups excluding carboxylic acids is 6. The van der Waals surface area contributed by atoms with E-state index in [1.807, 2.05) is 0 Å². The maximum atomic E-state index is 13.7. The largest absolute Gasteiger partial charge is 0.462 e. The summed E-state index contributed by atoms with van der Waals surface area (Å²) in [5.41, 5.74) is -1.60. The number of esters is 6. The van der Waals surface area contributed by atoms with Crippen molar-refractivity contribution in [3.63, 3.8) is 0 Å². The molecule has 16 heteroatoms. The summed E-state index contributed by atoms with van der Waals surface area (Å²) in [7, 11) is 0. The van der Waals surface area contributed by atoms with E-state index in [1.165, 1.54) is 36.4 Å². The molecule has 2 aliphatic heterocycles. The smallest absolute Gasteiger partial charge is 0.338 e. The normalized spacial score (nSPS) is 24.4. The number of aliphatic hydroxyl groups excluding tert-OH is 1. The molecule has 1 N–H and O–H groups in total. The van der Waals surface area contributed by atoms with E-state index in [0.717, 1.165) is 6.92 Å². The van der Waals surface area contributed by atoms with Gasteiger partial charge in [0.2, 0.25) is 0 Å². The summed E-state index contributed by atoms with van der Waals surface area (Å²) in [6.07, 6.45) is -14.2. The Balaban J connectivity index is 1.55. The van der Waals surface area contributed by atoms with Gasteiger partial charge in [-0.25, -0.2) is 14.4 Å². The summed E-state index contributed by atoms with van der Waals surface area (Å²) in [5, 5.41) is 11.1. The number of rotatable bonds is 14. The molecule has 2 fully saturated rings. The predicted octanol–water partition coefficient (Wildman–Crippen LogP) is 4.60. The van der Waals surface area contributed by atoms with Crippen molar-refractivity contribution in [2.45, 2.75) is 104 Å². The highest BCUT2D eigenvalue weighted by molar-refractivity contribution is 5.91. The summed E-state index contributed by atoms with van der Waals surface area (Å²) < 4.78 is 53.0. The van der Waals surface area contributed by atoms with E-state index in [1.54, 1.807) is 96.1 Å². The lowest BCUT2D eigenvalue weighted by molar-refractivity contribution is -0.239. The highest BCUT2D eigenvalue weighted by Crippen LogP contribution is 2.36. The lowest BCUT2D eigenvalue weighted by atomic mass is 9.97. The number of aliphatic hydroxyl groups is 1. The maximum Gasteiger partial charge on any atom is 0.338 e. The van der Waals surface area contributed by atoms with Gasteiger partial charge in [0.05, 0.1) is 27.5 Å². The molecule has 3 aromatic carbocycles. The Morgan fingerprint density at radius 3 is 1.55 bits per heavy atom. The van der Waals surface area contributed by atoms with E-state index in [-0.39, 0.29) is 16.7 Å². The van der Waals surface area contributed by atoms with Crippen molar-refractivity contribution in [2.24, 2.45) is 10.8 Å². The Morgan fingerprint density at radius 1 is 0.583 bits per heavy atom. The van der Waals surface area contributed by atoms with Gasteiger partial charge < -0.3 is 47.7 Å². The first kappa shape index (κ1) is 45.4. The first-order valence-corrected chi connectivity index (χ1v) is 19.3. The van der Waals surface area contributed by atoms with E-state index < -0.39 is 115 Å². The SMILES string of the molecule is CC(=O)O[C@@H]1[C@@H](OC(=O)C(C)(C)C)[C@H](O)O[C@H]1[C@@H](COC(=O)C(C)(C)C)O[C@H]1O[C@H](COC(=O)c2ccccc2)[C@@H](OC(=O)c2ccccc2)[C@@H]1OC(=O)c1ccccc1. The number of hydrogen-bond acceptors (Lipinski definition) is 16. The van der Waals surface area contributed by atoms with E-state index in [4.69, 9.17) is 42.6 Å². The highest BCUT2D eigenvalue weighted by Gasteiger charge is 2.57. The molecule has 2 aliphatic rings. The van der Waals surface area contributed by atoms with Crippen LogP contribution >= 0.6 is 0 Å². The Labute approximate surface area is 347 Å². The number of benzene rings is 3. The van der Waals surface area contributed by atoms with Gasteiger partial charge in [0.25, 0.3) is 0 Å². The summed E-state index contributed by atoms with van der Waals surface area (Å²) in [6.45, 7) is 9.48. The molecule has 0 saturated carbocycles. The molecule has 0 amide bonds. The second-order valence-electron chi connectivity index (χ2n) is 16.2. The molecular formula is C44H50O16. The van der Waals surface area contributed by atoms with Crippen LogP contribution in [0.3, 0.4) is 0 Å². The predicted molar refractivity (Wildman–Crippen MR) is 208 cm³/mol. The Morgan fingerprint density at radius 2 is 1.07 bits per heavy atom.